The topological polar surface area (TPSA) is 33.1 Å². The maximum Gasteiger partial charge on any atom is 0.0953 e. The molecule has 0 bridgehead atoms. The lowest BCUT2D eigenvalue weighted by atomic mass is 9.93. The number of benzene rings is 1. The first-order valence-electron chi connectivity index (χ1n) is 5.30. The van der Waals surface area contributed by atoms with Crippen LogP contribution in [0, 0.1) is 0 Å². The van der Waals surface area contributed by atoms with Crippen LogP contribution in [0.25, 0.3) is 0 Å². The van der Waals surface area contributed by atoms with E-state index in [1.54, 1.807) is 17.5 Å². The number of hydrogen-bond donors (Lipinski definition) is 1. The van der Waals surface area contributed by atoms with E-state index in [1.807, 2.05) is 42.6 Å². The van der Waals surface area contributed by atoms with Gasteiger partial charge in [-0.3, -0.25) is 0 Å². The molecule has 0 aliphatic carbocycles. The fourth-order valence-electron chi connectivity index (χ4n) is 1.76. The molecule has 0 radical (unpaired) electrons. The highest BCUT2D eigenvalue weighted by Crippen LogP contribution is 2.19. The summed E-state index contributed by atoms with van der Waals surface area (Å²) in [4.78, 5) is 4.20. The van der Waals surface area contributed by atoms with E-state index in [-0.39, 0.29) is 0 Å². The molecule has 1 unspecified atom stereocenters. The largest absolute Gasteiger partial charge is 0.389 e. The van der Waals surface area contributed by atoms with Crippen molar-refractivity contribution in [3.8, 4) is 0 Å². The van der Waals surface area contributed by atoms with E-state index in [9.17, 15) is 5.11 Å². The summed E-state index contributed by atoms with van der Waals surface area (Å²) in [6.07, 6.45) is 3.05. The zero-order valence-electron chi connectivity index (χ0n) is 9.26. The standard InChI is InChI=1S/C13H15NOS/c1-13(15,10-12-14-7-8-16-12)9-11-5-3-2-4-6-11/h2-8,15H,9-10H2,1H3. The van der Waals surface area contributed by atoms with Crippen LogP contribution in [-0.2, 0) is 12.8 Å². The minimum Gasteiger partial charge on any atom is -0.389 e. The van der Waals surface area contributed by atoms with Gasteiger partial charge in [-0.1, -0.05) is 30.3 Å². The molecule has 1 aromatic heterocycles. The molecule has 2 rings (SSSR count). The molecule has 1 aromatic carbocycles. The van der Waals surface area contributed by atoms with Gasteiger partial charge in [0.15, 0.2) is 0 Å². The number of nitrogens with zero attached hydrogens (tertiary/aromatic N) is 1. The van der Waals surface area contributed by atoms with Crippen LogP contribution < -0.4 is 0 Å². The Morgan fingerprint density at radius 2 is 2.00 bits per heavy atom. The van der Waals surface area contributed by atoms with E-state index in [0.717, 1.165) is 10.6 Å². The summed E-state index contributed by atoms with van der Waals surface area (Å²) >= 11 is 1.59. The molecule has 2 aromatic rings. The molecule has 1 N–H and O–H groups in total. The van der Waals surface area contributed by atoms with Gasteiger partial charge in [0.25, 0.3) is 0 Å². The van der Waals surface area contributed by atoms with E-state index < -0.39 is 5.60 Å². The Labute approximate surface area is 99.6 Å². The number of aliphatic hydroxyl groups is 1. The highest BCUT2D eigenvalue weighted by atomic mass is 32.1. The lowest BCUT2D eigenvalue weighted by Crippen LogP contribution is -2.29. The highest BCUT2D eigenvalue weighted by Gasteiger charge is 2.22. The summed E-state index contributed by atoms with van der Waals surface area (Å²) in [5, 5.41) is 13.2. The molecule has 0 saturated heterocycles. The quantitative estimate of drug-likeness (QED) is 0.880. The fraction of sp³-hybridized carbons (Fsp3) is 0.308. The van der Waals surface area contributed by atoms with Crippen molar-refractivity contribution in [3.63, 3.8) is 0 Å². The zero-order chi connectivity index (χ0) is 11.4. The highest BCUT2D eigenvalue weighted by molar-refractivity contribution is 7.09. The molecule has 1 heterocycles. The van der Waals surface area contributed by atoms with E-state index in [0.29, 0.717) is 12.8 Å². The summed E-state index contributed by atoms with van der Waals surface area (Å²) in [7, 11) is 0. The molecule has 16 heavy (non-hydrogen) atoms. The summed E-state index contributed by atoms with van der Waals surface area (Å²) in [6, 6.07) is 10.1. The van der Waals surface area contributed by atoms with Gasteiger partial charge in [0.2, 0.25) is 0 Å². The lowest BCUT2D eigenvalue weighted by Gasteiger charge is -2.22. The predicted octanol–water partition coefficient (Wildman–Crippen LogP) is 2.68. The average molecular weight is 233 g/mol. The first-order chi connectivity index (χ1) is 7.66. The van der Waals surface area contributed by atoms with Crippen LogP contribution in [0.2, 0.25) is 0 Å². The van der Waals surface area contributed by atoms with Gasteiger partial charge in [-0.25, -0.2) is 4.98 Å². The van der Waals surface area contributed by atoms with Crippen molar-refractivity contribution in [2.24, 2.45) is 0 Å². The maximum absolute atomic E-state index is 10.3. The maximum atomic E-state index is 10.3. The summed E-state index contributed by atoms with van der Waals surface area (Å²) in [5.74, 6) is 0. The van der Waals surface area contributed by atoms with Gasteiger partial charge >= 0.3 is 0 Å². The van der Waals surface area contributed by atoms with Crippen molar-refractivity contribution in [3.05, 3.63) is 52.5 Å². The van der Waals surface area contributed by atoms with Gasteiger partial charge in [-0.15, -0.1) is 11.3 Å². The van der Waals surface area contributed by atoms with E-state index in [1.165, 1.54) is 0 Å². The molecule has 0 aliphatic heterocycles. The van der Waals surface area contributed by atoms with Crippen LogP contribution in [0.1, 0.15) is 17.5 Å². The van der Waals surface area contributed by atoms with Gasteiger partial charge in [-0.2, -0.15) is 0 Å². The minimum absolute atomic E-state index is 0.611. The summed E-state index contributed by atoms with van der Waals surface area (Å²) < 4.78 is 0. The third-order valence-corrected chi connectivity index (χ3v) is 3.22. The van der Waals surface area contributed by atoms with Crippen LogP contribution in [0.15, 0.2) is 41.9 Å². The second-order valence-corrected chi connectivity index (χ2v) is 5.24. The van der Waals surface area contributed by atoms with Crippen molar-refractivity contribution in [1.29, 1.82) is 0 Å². The first kappa shape index (κ1) is 11.3. The molecule has 0 amide bonds. The Hall–Kier alpha value is -1.19. The van der Waals surface area contributed by atoms with Crippen LogP contribution in [0.3, 0.4) is 0 Å². The lowest BCUT2D eigenvalue weighted by molar-refractivity contribution is 0.0608. The molecule has 0 saturated carbocycles. The minimum atomic E-state index is -0.723. The Balaban J connectivity index is 2.03. The number of rotatable bonds is 4. The monoisotopic (exact) mass is 233 g/mol. The third kappa shape index (κ3) is 3.15. The molecule has 3 heteroatoms. The molecular formula is C13H15NOS. The molecule has 84 valence electrons. The Kier molecular flexibility index (Phi) is 3.36. The predicted molar refractivity (Wildman–Crippen MR) is 66.6 cm³/mol. The Morgan fingerprint density at radius 3 is 2.62 bits per heavy atom. The van der Waals surface area contributed by atoms with Crippen LogP contribution in [-0.4, -0.2) is 15.7 Å². The van der Waals surface area contributed by atoms with Gasteiger partial charge in [0.1, 0.15) is 0 Å². The van der Waals surface area contributed by atoms with Crippen LogP contribution in [0.5, 0.6) is 0 Å². The fourth-order valence-corrected chi connectivity index (χ4v) is 2.56. The van der Waals surface area contributed by atoms with E-state index >= 15 is 0 Å². The molecular weight excluding hydrogens is 218 g/mol. The van der Waals surface area contributed by atoms with Crippen molar-refractivity contribution < 1.29 is 5.11 Å². The third-order valence-electron chi connectivity index (χ3n) is 2.44. The first-order valence-corrected chi connectivity index (χ1v) is 6.18. The van der Waals surface area contributed by atoms with Crippen molar-refractivity contribution in [2.75, 3.05) is 0 Å². The van der Waals surface area contributed by atoms with Crippen molar-refractivity contribution in [1.82, 2.24) is 4.98 Å². The molecule has 0 fully saturated rings. The van der Waals surface area contributed by atoms with Gasteiger partial charge in [-0.05, 0) is 12.5 Å². The summed E-state index contributed by atoms with van der Waals surface area (Å²) in [6.45, 7) is 1.86. The Bertz CT molecular complexity index is 422. The number of aromatic nitrogens is 1. The average Bonchev–Trinajstić information content (AvgIpc) is 2.70. The smallest absolute Gasteiger partial charge is 0.0953 e. The zero-order valence-corrected chi connectivity index (χ0v) is 10.1. The van der Waals surface area contributed by atoms with Crippen LogP contribution in [0.4, 0.5) is 0 Å². The molecule has 0 aliphatic rings. The second-order valence-electron chi connectivity index (χ2n) is 4.26. The van der Waals surface area contributed by atoms with Crippen molar-refractivity contribution >= 4 is 11.3 Å². The number of hydrogen-bond acceptors (Lipinski definition) is 3. The number of thiazole rings is 1. The molecule has 0 spiro atoms. The Morgan fingerprint density at radius 1 is 1.25 bits per heavy atom. The van der Waals surface area contributed by atoms with E-state index in [2.05, 4.69) is 4.98 Å². The van der Waals surface area contributed by atoms with Gasteiger partial charge in [0, 0.05) is 24.4 Å². The van der Waals surface area contributed by atoms with Gasteiger partial charge in [0.05, 0.1) is 10.6 Å². The van der Waals surface area contributed by atoms with E-state index in [4.69, 9.17) is 0 Å². The van der Waals surface area contributed by atoms with Gasteiger partial charge < -0.3 is 5.11 Å². The summed E-state index contributed by atoms with van der Waals surface area (Å²) in [5.41, 5.74) is 0.434. The van der Waals surface area contributed by atoms with Crippen LogP contribution >= 0.6 is 11.3 Å². The second kappa shape index (κ2) is 4.76. The normalized spacial score (nSPS) is 14.6. The SMILES string of the molecule is CC(O)(Cc1ccccc1)Cc1nccs1. The van der Waals surface area contributed by atoms with Crippen molar-refractivity contribution in [2.45, 2.75) is 25.4 Å². The molecule has 1 atom stereocenters. The molecule has 2 nitrogen and oxygen atoms in total.